The topological polar surface area (TPSA) is 41.6 Å². The van der Waals surface area contributed by atoms with Crippen LogP contribution in [-0.2, 0) is 11.3 Å². The number of nitrogens with one attached hydrogen (secondary N) is 1. The predicted octanol–water partition coefficient (Wildman–Crippen LogP) is 4.31. The quantitative estimate of drug-likeness (QED) is 0.777. The van der Waals surface area contributed by atoms with Gasteiger partial charge in [-0.3, -0.25) is 9.69 Å². The van der Waals surface area contributed by atoms with Crippen LogP contribution in [0.2, 0.25) is 10.0 Å². The molecule has 0 saturated heterocycles. The Hall–Kier alpha value is -1.75. The van der Waals surface area contributed by atoms with Crippen LogP contribution < -0.4 is 10.1 Å². The molecule has 0 aliphatic carbocycles. The molecular formula is C19H22Cl2N2O2. The number of ether oxygens (including phenoxy) is 1. The van der Waals surface area contributed by atoms with Crippen molar-refractivity contribution in [3.63, 3.8) is 0 Å². The molecule has 0 bridgehead atoms. The summed E-state index contributed by atoms with van der Waals surface area (Å²) in [6.45, 7) is 2.90. The highest BCUT2D eigenvalue weighted by Crippen LogP contribution is 2.25. The highest BCUT2D eigenvalue weighted by atomic mass is 35.5. The van der Waals surface area contributed by atoms with E-state index in [-0.39, 0.29) is 11.9 Å². The Morgan fingerprint density at radius 2 is 1.84 bits per heavy atom. The van der Waals surface area contributed by atoms with Gasteiger partial charge in [-0.2, -0.15) is 0 Å². The molecule has 2 aromatic carbocycles. The van der Waals surface area contributed by atoms with Gasteiger partial charge in [0.2, 0.25) is 5.91 Å². The molecule has 25 heavy (non-hydrogen) atoms. The van der Waals surface area contributed by atoms with Gasteiger partial charge in [-0.25, -0.2) is 0 Å². The Balaban J connectivity index is 1.86. The van der Waals surface area contributed by atoms with Crippen LogP contribution in [0.5, 0.6) is 5.75 Å². The Bertz CT molecular complexity index is 720. The first kappa shape index (κ1) is 19.6. The van der Waals surface area contributed by atoms with Crippen LogP contribution in [0, 0.1) is 0 Å². The molecule has 0 aliphatic rings. The SMILES string of the molecule is COc1ccc(CN(C)CC(=O)N[C@@H](C)c2ccc(Cl)c(Cl)c2)cc1. The van der Waals surface area contributed by atoms with Crippen molar-refractivity contribution < 1.29 is 9.53 Å². The molecular weight excluding hydrogens is 359 g/mol. The molecule has 1 atom stereocenters. The van der Waals surface area contributed by atoms with Gasteiger partial charge in [-0.1, -0.05) is 41.4 Å². The summed E-state index contributed by atoms with van der Waals surface area (Å²) < 4.78 is 5.14. The van der Waals surface area contributed by atoms with E-state index in [1.807, 2.05) is 49.2 Å². The average Bonchev–Trinajstić information content (AvgIpc) is 2.57. The highest BCUT2D eigenvalue weighted by molar-refractivity contribution is 6.42. The van der Waals surface area contributed by atoms with E-state index in [1.54, 1.807) is 19.2 Å². The summed E-state index contributed by atoms with van der Waals surface area (Å²) >= 11 is 12.0. The van der Waals surface area contributed by atoms with Crippen LogP contribution >= 0.6 is 23.2 Å². The van der Waals surface area contributed by atoms with Gasteiger partial charge >= 0.3 is 0 Å². The predicted molar refractivity (Wildman–Crippen MR) is 102 cm³/mol. The van der Waals surface area contributed by atoms with Crippen LogP contribution in [0.25, 0.3) is 0 Å². The summed E-state index contributed by atoms with van der Waals surface area (Å²) in [5.41, 5.74) is 2.04. The minimum absolute atomic E-state index is 0.0467. The Morgan fingerprint density at radius 3 is 2.44 bits per heavy atom. The third-order valence-electron chi connectivity index (χ3n) is 3.85. The van der Waals surface area contributed by atoms with Gasteiger partial charge in [-0.15, -0.1) is 0 Å². The molecule has 1 N–H and O–H groups in total. The lowest BCUT2D eigenvalue weighted by Crippen LogP contribution is -2.36. The number of rotatable bonds is 7. The lowest BCUT2D eigenvalue weighted by Gasteiger charge is -2.19. The van der Waals surface area contributed by atoms with Gasteiger partial charge in [0.05, 0.1) is 29.7 Å². The lowest BCUT2D eigenvalue weighted by atomic mass is 10.1. The molecule has 4 nitrogen and oxygen atoms in total. The van der Waals surface area contributed by atoms with Gasteiger partial charge in [-0.05, 0) is 49.4 Å². The van der Waals surface area contributed by atoms with Crippen molar-refractivity contribution in [1.82, 2.24) is 10.2 Å². The summed E-state index contributed by atoms with van der Waals surface area (Å²) in [5, 5.41) is 3.96. The smallest absolute Gasteiger partial charge is 0.234 e. The van der Waals surface area contributed by atoms with Gasteiger partial charge < -0.3 is 10.1 Å². The maximum absolute atomic E-state index is 12.2. The number of carbonyl (C=O) groups excluding carboxylic acids is 1. The number of nitrogens with zero attached hydrogens (tertiary/aromatic N) is 1. The Kier molecular flexibility index (Phi) is 7.12. The number of benzene rings is 2. The first-order chi connectivity index (χ1) is 11.9. The van der Waals surface area contributed by atoms with Crippen molar-refractivity contribution in [2.75, 3.05) is 20.7 Å². The van der Waals surface area contributed by atoms with Crippen LogP contribution in [0.1, 0.15) is 24.1 Å². The van der Waals surface area contributed by atoms with Crippen molar-refractivity contribution in [3.8, 4) is 5.75 Å². The van der Waals surface area contributed by atoms with Crippen LogP contribution in [-0.4, -0.2) is 31.5 Å². The molecule has 0 spiro atoms. The molecule has 6 heteroatoms. The molecule has 0 fully saturated rings. The average molecular weight is 381 g/mol. The maximum Gasteiger partial charge on any atom is 0.234 e. The molecule has 0 unspecified atom stereocenters. The molecule has 0 heterocycles. The van der Waals surface area contributed by atoms with Crippen molar-refractivity contribution in [2.24, 2.45) is 0 Å². The summed E-state index contributed by atoms with van der Waals surface area (Å²) in [7, 11) is 3.55. The van der Waals surface area contributed by atoms with Crippen LogP contribution in [0.3, 0.4) is 0 Å². The molecule has 0 aromatic heterocycles. The van der Waals surface area contributed by atoms with Gasteiger partial charge in [0, 0.05) is 6.54 Å². The van der Waals surface area contributed by atoms with Gasteiger partial charge in [0.15, 0.2) is 0 Å². The van der Waals surface area contributed by atoms with E-state index >= 15 is 0 Å². The van der Waals surface area contributed by atoms with Crippen molar-refractivity contribution in [2.45, 2.75) is 19.5 Å². The molecule has 1 amide bonds. The number of likely N-dealkylation sites (N-methyl/N-ethyl adjacent to an activating group) is 1. The zero-order valence-electron chi connectivity index (χ0n) is 14.6. The molecule has 2 rings (SSSR count). The monoisotopic (exact) mass is 380 g/mol. The normalized spacial score (nSPS) is 12.1. The van der Waals surface area contributed by atoms with E-state index in [4.69, 9.17) is 27.9 Å². The lowest BCUT2D eigenvalue weighted by molar-refractivity contribution is -0.122. The molecule has 0 saturated carbocycles. The summed E-state index contributed by atoms with van der Waals surface area (Å²) in [5.74, 6) is 0.772. The zero-order chi connectivity index (χ0) is 18.4. The van der Waals surface area contributed by atoms with Gasteiger partial charge in [0.1, 0.15) is 5.75 Å². The second-order valence-electron chi connectivity index (χ2n) is 5.98. The van der Waals surface area contributed by atoms with Crippen molar-refractivity contribution in [1.29, 1.82) is 0 Å². The third-order valence-corrected chi connectivity index (χ3v) is 4.59. The molecule has 0 radical (unpaired) electrons. The van der Waals surface area contributed by atoms with Gasteiger partial charge in [0.25, 0.3) is 0 Å². The van der Waals surface area contributed by atoms with E-state index < -0.39 is 0 Å². The van der Waals surface area contributed by atoms with Crippen LogP contribution in [0.15, 0.2) is 42.5 Å². The maximum atomic E-state index is 12.2. The molecule has 134 valence electrons. The Labute approximate surface area is 158 Å². The zero-order valence-corrected chi connectivity index (χ0v) is 16.1. The van der Waals surface area contributed by atoms with E-state index in [9.17, 15) is 4.79 Å². The van der Waals surface area contributed by atoms with E-state index in [0.717, 1.165) is 16.9 Å². The van der Waals surface area contributed by atoms with E-state index in [2.05, 4.69) is 5.32 Å². The van der Waals surface area contributed by atoms with Crippen molar-refractivity contribution in [3.05, 3.63) is 63.6 Å². The first-order valence-electron chi connectivity index (χ1n) is 7.95. The summed E-state index contributed by atoms with van der Waals surface area (Å²) in [6.07, 6.45) is 0. The molecule has 0 aliphatic heterocycles. The fourth-order valence-electron chi connectivity index (χ4n) is 2.50. The minimum atomic E-state index is -0.142. The van der Waals surface area contributed by atoms with Crippen LogP contribution in [0.4, 0.5) is 0 Å². The number of halogens is 2. The number of amides is 1. The van der Waals surface area contributed by atoms with Crippen molar-refractivity contribution >= 4 is 29.1 Å². The summed E-state index contributed by atoms with van der Waals surface area (Å²) in [4.78, 5) is 14.2. The second-order valence-corrected chi connectivity index (χ2v) is 6.80. The largest absolute Gasteiger partial charge is 0.497 e. The number of carbonyl (C=O) groups is 1. The summed E-state index contributed by atoms with van der Waals surface area (Å²) in [6, 6.07) is 13.0. The van der Waals surface area contributed by atoms with E-state index in [1.165, 1.54) is 0 Å². The standard InChI is InChI=1S/C19H22Cl2N2O2/c1-13(15-6-9-17(20)18(21)10-15)22-19(24)12-23(2)11-14-4-7-16(25-3)8-5-14/h4-10,13H,11-12H2,1-3H3,(H,22,24)/t13-/m0/s1. The second kappa shape index (κ2) is 9.09. The number of hydrogen-bond donors (Lipinski definition) is 1. The Morgan fingerprint density at radius 1 is 1.16 bits per heavy atom. The highest BCUT2D eigenvalue weighted by Gasteiger charge is 2.13. The molecule has 2 aromatic rings. The number of methoxy groups -OCH3 is 1. The minimum Gasteiger partial charge on any atom is -0.497 e. The fourth-order valence-corrected chi connectivity index (χ4v) is 2.80. The third kappa shape index (κ3) is 5.92. The first-order valence-corrected chi connectivity index (χ1v) is 8.70. The fraction of sp³-hybridized carbons (Fsp3) is 0.316. The van der Waals surface area contributed by atoms with E-state index in [0.29, 0.717) is 23.1 Å². The number of hydrogen-bond acceptors (Lipinski definition) is 3.